The lowest BCUT2D eigenvalue weighted by Crippen LogP contribution is -2.24. The van der Waals surface area contributed by atoms with E-state index in [0.29, 0.717) is 6.04 Å². The maximum Gasteiger partial charge on any atom is 0.0625 e. The van der Waals surface area contributed by atoms with Crippen LogP contribution in [0, 0.1) is 0 Å². The molecule has 3 heteroatoms. The molecule has 0 aliphatic rings. The predicted molar refractivity (Wildman–Crippen MR) is 54.7 cm³/mol. The van der Waals surface area contributed by atoms with Crippen molar-refractivity contribution in [3.63, 3.8) is 0 Å². The largest absolute Gasteiger partial charge is 0.317 e. The smallest absolute Gasteiger partial charge is 0.0625 e. The summed E-state index contributed by atoms with van der Waals surface area (Å²) in [5.74, 6) is 0. The fourth-order valence-corrected chi connectivity index (χ4v) is 1.47. The van der Waals surface area contributed by atoms with Gasteiger partial charge in [-0.25, -0.2) is 0 Å². The van der Waals surface area contributed by atoms with Crippen LogP contribution in [0.3, 0.4) is 0 Å². The standard InChI is InChI=1S/C10H19N3/c1-4-9(11-2)5-6-10-7-8-13(3)12-10/h7-9,11H,4-6H2,1-3H3. The van der Waals surface area contributed by atoms with Crippen molar-refractivity contribution >= 4 is 0 Å². The van der Waals surface area contributed by atoms with Gasteiger partial charge in [-0.3, -0.25) is 4.68 Å². The van der Waals surface area contributed by atoms with Crippen LogP contribution in [0.5, 0.6) is 0 Å². The average Bonchev–Trinajstić information content (AvgIpc) is 2.53. The van der Waals surface area contributed by atoms with Gasteiger partial charge in [0.05, 0.1) is 5.69 Å². The summed E-state index contributed by atoms with van der Waals surface area (Å²) in [6, 6.07) is 2.71. The quantitative estimate of drug-likeness (QED) is 0.743. The third-order valence-electron chi connectivity index (χ3n) is 2.42. The molecule has 1 aromatic rings. The van der Waals surface area contributed by atoms with Crippen molar-refractivity contribution in [3.8, 4) is 0 Å². The Kier molecular flexibility index (Phi) is 3.96. The van der Waals surface area contributed by atoms with Gasteiger partial charge in [-0.05, 0) is 32.4 Å². The minimum absolute atomic E-state index is 0.627. The van der Waals surface area contributed by atoms with E-state index < -0.39 is 0 Å². The number of rotatable bonds is 5. The SMILES string of the molecule is CCC(CCc1ccn(C)n1)NC. The van der Waals surface area contributed by atoms with Gasteiger partial charge < -0.3 is 5.32 Å². The molecule has 0 amide bonds. The number of aryl methyl sites for hydroxylation is 2. The van der Waals surface area contributed by atoms with E-state index in [4.69, 9.17) is 0 Å². The molecule has 0 fully saturated rings. The summed E-state index contributed by atoms with van der Waals surface area (Å²) in [4.78, 5) is 0. The lowest BCUT2D eigenvalue weighted by molar-refractivity contribution is 0.504. The van der Waals surface area contributed by atoms with Crippen LogP contribution in [-0.2, 0) is 13.5 Å². The number of hydrogen-bond donors (Lipinski definition) is 1. The highest BCUT2D eigenvalue weighted by Crippen LogP contribution is 2.04. The molecule has 0 radical (unpaired) electrons. The predicted octanol–water partition coefficient (Wildman–Crippen LogP) is 1.35. The van der Waals surface area contributed by atoms with Gasteiger partial charge in [-0.15, -0.1) is 0 Å². The summed E-state index contributed by atoms with van der Waals surface area (Å²) in [5, 5.41) is 7.63. The molecule has 1 aromatic heterocycles. The minimum Gasteiger partial charge on any atom is -0.317 e. The molecule has 74 valence electrons. The molecule has 0 saturated carbocycles. The number of hydrogen-bond acceptors (Lipinski definition) is 2. The van der Waals surface area contributed by atoms with E-state index >= 15 is 0 Å². The lowest BCUT2D eigenvalue weighted by Gasteiger charge is -2.11. The van der Waals surface area contributed by atoms with Gasteiger partial charge in [-0.1, -0.05) is 6.92 Å². The summed E-state index contributed by atoms with van der Waals surface area (Å²) < 4.78 is 1.86. The van der Waals surface area contributed by atoms with Gasteiger partial charge in [0.15, 0.2) is 0 Å². The molecular weight excluding hydrogens is 162 g/mol. The molecule has 1 unspecified atom stereocenters. The van der Waals surface area contributed by atoms with Gasteiger partial charge in [0.2, 0.25) is 0 Å². The van der Waals surface area contributed by atoms with Crippen molar-refractivity contribution in [2.45, 2.75) is 32.2 Å². The van der Waals surface area contributed by atoms with Gasteiger partial charge in [-0.2, -0.15) is 5.10 Å². The highest BCUT2D eigenvalue weighted by Gasteiger charge is 2.04. The first kappa shape index (κ1) is 10.3. The van der Waals surface area contributed by atoms with E-state index in [-0.39, 0.29) is 0 Å². The zero-order valence-electron chi connectivity index (χ0n) is 8.75. The Morgan fingerprint density at radius 3 is 2.85 bits per heavy atom. The van der Waals surface area contributed by atoms with Crippen LogP contribution >= 0.6 is 0 Å². The first-order valence-electron chi connectivity index (χ1n) is 4.92. The van der Waals surface area contributed by atoms with Crippen LogP contribution in [0.2, 0.25) is 0 Å². The summed E-state index contributed by atoms with van der Waals surface area (Å²) in [6.07, 6.45) is 5.42. The maximum atomic E-state index is 4.34. The molecule has 0 bridgehead atoms. The van der Waals surface area contributed by atoms with Crippen LogP contribution in [-0.4, -0.2) is 22.9 Å². The second-order valence-electron chi connectivity index (χ2n) is 3.41. The Balaban J connectivity index is 2.33. The number of nitrogens with one attached hydrogen (secondary N) is 1. The van der Waals surface area contributed by atoms with Gasteiger partial charge in [0, 0.05) is 19.3 Å². The van der Waals surface area contributed by atoms with E-state index in [9.17, 15) is 0 Å². The fraction of sp³-hybridized carbons (Fsp3) is 0.700. The number of nitrogens with zero attached hydrogens (tertiary/aromatic N) is 2. The third-order valence-corrected chi connectivity index (χ3v) is 2.42. The first-order valence-corrected chi connectivity index (χ1v) is 4.92. The highest BCUT2D eigenvalue weighted by molar-refractivity contribution is 4.99. The molecule has 1 N–H and O–H groups in total. The van der Waals surface area contributed by atoms with E-state index in [2.05, 4.69) is 23.4 Å². The molecule has 1 atom stereocenters. The maximum absolute atomic E-state index is 4.34. The van der Waals surface area contributed by atoms with Crippen molar-refractivity contribution in [2.24, 2.45) is 7.05 Å². The Labute approximate surface area is 80.1 Å². The molecule has 1 rings (SSSR count). The molecule has 13 heavy (non-hydrogen) atoms. The Hall–Kier alpha value is -0.830. The summed E-state index contributed by atoms with van der Waals surface area (Å²) in [6.45, 7) is 2.21. The summed E-state index contributed by atoms with van der Waals surface area (Å²) >= 11 is 0. The molecule has 0 saturated heterocycles. The Morgan fingerprint density at radius 2 is 2.38 bits per heavy atom. The lowest BCUT2D eigenvalue weighted by atomic mass is 10.1. The summed E-state index contributed by atoms with van der Waals surface area (Å²) in [7, 11) is 3.98. The normalized spacial score (nSPS) is 13.2. The molecule has 1 heterocycles. The van der Waals surface area contributed by atoms with Gasteiger partial charge in [0.25, 0.3) is 0 Å². The second-order valence-corrected chi connectivity index (χ2v) is 3.41. The number of aromatic nitrogens is 2. The molecular formula is C10H19N3. The summed E-state index contributed by atoms with van der Waals surface area (Å²) in [5.41, 5.74) is 1.19. The zero-order valence-corrected chi connectivity index (χ0v) is 8.75. The van der Waals surface area contributed by atoms with Gasteiger partial charge in [0.1, 0.15) is 0 Å². The Bertz CT molecular complexity index is 238. The minimum atomic E-state index is 0.627. The molecule has 0 aliphatic carbocycles. The van der Waals surface area contributed by atoms with Crippen LogP contribution < -0.4 is 5.32 Å². The van der Waals surface area contributed by atoms with Crippen LogP contribution in [0.4, 0.5) is 0 Å². The van der Waals surface area contributed by atoms with E-state index in [1.165, 1.54) is 18.5 Å². The first-order chi connectivity index (χ1) is 6.26. The van der Waals surface area contributed by atoms with E-state index in [0.717, 1.165) is 6.42 Å². The van der Waals surface area contributed by atoms with E-state index in [1.807, 2.05) is 25.0 Å². The van der Waals surface area contributed by atoms with Crippen LogP contribution in [0.1, 0.15) is 25.5 Å². The zero-order chi connectivity index (χ0) is 9.68. The van der Waals surface area contributed by atoms with Crippen molar-refractivity contribution in [1.29, 1.82) is 0 Å². The van der Waals surface area contributed by atoms with E-state index in [1.54, 1.807) is 0 Å². The second kappa shape index (κ2) is 5.02. The van der Waals surface area contributed by atoms with Crippen molar-refractivity contribution < 1.29 is 0 Å². The Morgan fingerprint density at radius 1 is 1.62 bits per heavy atom. The van der Waals surface area contributed by atoms with Crippen molar-refractivity contribution in [1.82, 2.24) is 15.1 Å². The fourth-order valence-electron chi connectivity index (χ4n) is 1.47. The molecule has 0 aliphatic heterocycles. The molecule has 0 aromatic carbocycles. The monoisotopic (exact) mass is 181 g/mol. The third kappa shape index (κ3) is 3.19. The highest BCUT2D eigenvalue weighted by atomic mass is 15.2. The van der Waals surface area contributed by atoms with Crippen LogP contribution in [0.15, 0.2) is 12.3 Å². The van der Waals surface area contributed by atoms with Crippen molar-refractivity contribution in [3.05, 3.63) is 18.0 Å². The average molecular weight is 181 g/mol. The molecule has 0 spiro atoms. The van der Waals surface area contributed by atoms with Gasteiger partial charge >= 0.3 is 0 Å². The van der Waals surface area contributed by atoms with Crippen LogP contribution in [0.25, 0.3) is 0 Å². The topological polar surface area (TPSA) is 29.9 Å². The van der Waals surface area contributed by atoms with Crippen molar-refractivity contribution in [2.75, 3.05) is 7.05 Å². The molecule has 3 nitrogen and oxygen atoms in total.